The molecule has 6 heteroatoms. The Morgan fingerprint density at radius 3 is 2.19 bits per heavy atom. The van der Waals surface area contributed by atoms with Crippen molar-refractivity contribution in [2.75, 3.05) is 13.1 Å². The van der Waals surface area contributed by atoms with Crippen LogP contribution in [0, 0.1) is 46.3 Å². The van der Waals surface area contributed by atoms with E-state index < -0.39 is 17.1 Å². The quantitative estimate of drug-likeness (QED) is 0.165. The smallest absolute Gasteiger partial charge is 0.410 e. The van der Waals surface area contributed by atoms with E-state index in [2.05, 4.69) is 65.0 Å². The molecule has 11 rings (SSSR count). The van der Waals surface area contributed by atoms with E-state index in [9.17, 15) is 15.0 Å². The van der Waals surface area contributed by atoms with Gasteiger partial charge in [-0.15, -0.1) is 0 Å². The Hall–Kier alpha value is -3.74. The zero-order chi connectivity index (χ0) is 44.1. The van der Waals surface area contributed by atoms with E-state index >= 15 is 4.79 Å². The molecule has 0 radical (unpaired) electrons. The number of ether oxygens (including phenoxy) is 1. The van der Waals surface area contributed by atoms with Gasteiger partial charge in [-0.25, -0.2) is 4.79 Å². The maximum absolute atomic E-state index is 15.1. The highest BCUT2D eigenvalue weighted by atomic mass is 16.6. The molecule has 3 aromatic rings. The van der Waals surface area contributed by atoms with Crippen LogP contribution >= 0.6 is 0 Å². The summed E-state index contributed by atoms with van der Waals surface area (Å²) >= 11 is 0. The van der Waals surface area contributed by atoms with Crippen molar-refractivity contribution in [3.63, 3.8) is 0 Å². The standard InChI is InChI=1S/C57H75NO5/c1-37(2)48-21-14-39(4)26-52(48)63-54(61)58(35-56-32-41-27-42(33-56)29-43(28-41)34-56)36-57(62)25-23-51-49-22-15-40(30-47(59)20-13-38(3)10-9-24-55(51,57)5)31-50(49)53(60)46-18-16-45(17-19-46)44-11-7-6-8-12-44/h6-8,10-12,15-19,22,31,37,39,41-43,47-48,51-52,59,62H,9,13-14,20-21,23-30,32-36H2,1-5H3. The van der Waals surface area contributed by atoms with E-state index in [1.807, 2.05) is 53.4 Å². The van der Waals surface area contributed by atoms with Gasteiger partial charge in [-0.2, -0.15) is 0 Å². The third-order valence-electron chi connectivity index (χ3n) is 17.8. The van der Waals surface area contributed by atoms with Crippen LogP contribution in [0.25, 0.3) is 11.1 Å². The molecule has 0 heterocycles. The van der Waals surface area contributed by atoms with Crippen LogP contribution < -0.4 is 0 Å². The maximum atomic E-state index is 15.1. The van der Waals surface area contributed by atoms with Crippen LogP contribution in [0.3, 0.4) is 0 Å². The van der Waals surface area contributed by atoms with Gasteiger partial charge >= 0.3 is 6.09 Å². The van der Waals surface area contributed by atoms with Gasteiger partial charge in [0.1, 0.15) is 6.10 Å². The molecule has 3 aromatic carbocycles. The summed E-state index contributed by atoms with van der Waals surface area (Å²) < 4.78 is 6.75. The van der Waals surface area contributed by atoms with Crippen molar-refractivity contribution < 1.29 is 24.5 Å². The summed E-state index contributed by atoms with van der Waals surface area (Å²) in [6.45, 7) is 12.2. The highest BCUT2D eigenvalue weighted by Crippen LogP contribution is 2.62. The molecule has 7 unspecified atom stereocenters. The fraction of sp³-hybridized carbons (Fsp3) is 0.614. The lowest BCUT2D eigenvalue weighted by molar-refractivity contribution is -0.108. The zero-order valence-corrected chi connectivity index (χ0v) is 39.0. The Morgan fingerprint density at radius 2 is 1.51 bits per heavy atom. The van der Waals surface area contributed by atoms with Gasteiger partial charge in [-0.05, 0) is 178 Å². The number of carbonyl (C=O) groups excluding carboxylic acids is 2. The van der Waals surface area contributed by atoms with Crippen LogP contribution in [0.1, 0.15) is 164 Å². The van der Waals surface area contributed by atoms with E-state index in [0.717, 1.165) is 65.7 Å². The second kappa shape index (κ2) is 17.9. The molecule has 8 aliphatic carbocycles. The normalized spacial score (nSPS) is 35.2. The average Bonchev–Trinajstić information content (AvgIpc) is 3.50. The van der Waals surface area contributed by atoms with Crippen molar-refractivity contribution in [3.05, 3.63) is 107 Å². The first kappa shape index (κ1) is 44.5. The molecular formula is C57H75NO5. The Kier molecular flexibility index (Phi) is 12.6. The number of benzene rings is 3. The Labute approximate surface area is 378 Å². The minimum atomic E-state index is -1.21. The molecule has 2 N–H and O–H groups in total. The molecule has 0 aromatic heterocycles. The van der Waals surface area contributed by atoms with E-state index in [1.54, 1.807) is 0 Å². The molecule has 0 aliphatic heterocycles. The number of aliphatic hydroxyl groups excluding tert-OH is 1. The molecule has 0 saturated heterocycles. The number of hydrogen-bond donors (Lipinski definition) is 2. The van der Waals surface area contributed by atoms with Gasteiger partial charge in [-0.3, -0.25) is 4.79 Å². The highest BCUT2D eigenvalue weighted by Gasteiger charge is 2.59. The number of hydrogen-bond acceptors (Lipinski definition) is 5. The Morgan fingerprint density at radius 1 is 0.825 bits per heavy atom. The van der Waals surface area contributed by atoms with Crippen molar-refractivity contribution >= 4 is 11.9 Å². The molecule has 7 atom stereocenters. The van der Waals surface area contributed by atoms with Crippen molar-refractivity contribution in [2.24, 2.45) is 46.3 Å². The lowest BCUT2D eigenvalue weighted by atomic mass is 9.49. The number of amides is 1. The summed E-state index contributed by atoms with van der Waals surface area (Å²) in [5.41, 5.74) is 4.85. The van der Waals surface area contributed by atoms with Crippen LogP contribution in [0.4, 0.5) is 4.79 Å². The van der Waals surface area contributed by atoms with Gasteiger partial charge in [0.15, 0.2) is 5.78 Å². The van der Waals surface area contributed by atoms with Crippen molar-refractivity contribution in [2.45, 2.75) is 161 Å². The number of carbonyl (C=O) groups is 2. The second-order valence-electron chi connectivity index (χ2n) is 22.7. The molecular weight excluding hydrogens is 779 g/mol. The van der Waals surface area contributed by atoms with Gasteiger partial charge in [0.25, 0.3) is 0 Å². The summed E-state index contributed by atoms with van der Waals surface area (Å²) in [5, 5.41) is 24.8. The molecule has 63 heavy (non-hydrogen) atoms. The van der Waals surface area contributed by atoms with Gasteiger partial charge in [-0.1, -0.05) is 112 Å². The summed E-state index contributed by atoms with van der Waals surface area (Å²) in [6.07, 6.45) is 16.8. The fourth-order valence-electron chi connectivity index (χ4n) is 14.6. The molecule has 6 bridgehead atoms. The van der Waals surface area contributed by atoms with E-state index in [-0.39, 0.29) is 35.9 Å². The largest absolute Gasteiger partial charge is 0.446 e. The third kappa shape index (κ3) is 9.11. The highest BCUT2D eigenvalue weighted by molar-refractivity contribution is 6.10. The monoisotopic (exact) mass is 854 g/mol. The SMILES string of the molecule is CC1=CCCC2(C)C(CCC2(O)CN(CC23CC4CC(CC(C4)C2)C3)C(=O)OC2CC(C)CCC2C(C)C)c2ccc(cc2C(=O)c2ccc(-c3ccccc3)cc2)CC(O)CC1. The summed E-state index contributed by atoms with van der Waals surface area (Å²) in [6, 6.07) is 24.5. The predicted molar refractivity (Wildman–Crippen MR) is 253 cm³/mol. The lowest BCUT2D eigenvalue weighted by Crippen LogP contribution is -2.58. The predicted octanol–water partition coefficient (Wildman–Crippen LogP) is 12.7. The van der Waals surface area contributed by atoms with E-state index in [0.29, 0.717) is 67.5 Å². The minimum absolute atomic E-state index is 0.0324. The van der Waals surface area contributed by atoms with Crippen molar-refractivity contribution in [1.82, 2.24) is 4.90 Å². The molecule has 1 amide bonds. The Balaban J connectivity index is 1.08. The number of nitrogens with zero attached hydrogens (tertiary/aromatic N) is 1. The summed E-state index contributed by atoms with van der Waals surface area (Å²) in [4.78, 5) is 32.0. The lowest BCUT2D eigenvalue weighted by Gasteiger charge is -2.58. The number of aliphatic hydroxyl groups is 2. The Bertz CT molecular complexity index is 2110. The van der Waals surface area contributed by atoms with E-state index in [4.69, 9.17) is 4.74 Å². The van der Waals surface area contributed by atoms with Gasteiger partial charge in [0.05, 0.1) is 18.2 Å². The first-order chi connectivity index (χ1) is 30.2. The number of fused-ring (bicyclic) bond motifs is 8. The fourth-order valence-corrected chi connectivity index (χ4v) is 14.6. The molecule has 8 aliphatic rings. The van der Waals surface area contributed by atoms with Crippen LogP contribution in [0.15, 0.2) is 84.4 Å². The molecule has 6 fully saturated rings. The molecule has 0 spiro atoms. The minimum Gasteiger partial charge on any atom is -0.446 e. The molecule has 6 nitrogen and oxygen atoms in total. The summed E-state index contributed by atoms with van der Waals surface area (Å²) in [7, 11) is 0. The average molecular weight is 854 g/mol. The van der Waals surface area contributed by atoms with Crippen molar-refractivity contribution in [1.29, 1.82) is 0 Å². The topological polar surface area (TPSA) is 87.1 Å². The summed E-state index contributed by atoms with van der Waals surface area (Å²) in [5.74, 6) is 3.38. The van der Waals surface area contributed by atoms with Crippen LogP contribution in [0.5, 0.6) is 0 Å². The first-order valence-corrected chi connectivity index (χ1v) is 25.0. The van der Waals surface area contributed by atoms with Gasteiger partial charge in [0.2, 0.25) is 0 Å². The maximum Gasteiger partial charge on any atom is 0.410 e. The van der Waals surface area contributed by atoms with Crippen LogP contribution in [-0.2, 0) is 11.2 Å². The first-order valence-electron chi connectivity index (χ1n) is 25.0. The third-order valence-corrected chi connectivity index (χ3v) is 17.8. The number of rotatable bonds is 9. The van der Waals surface area contributed by atoms with Crippen LogP contribution in [0.2, 0.25) is 0 Å². The number of ketones is 1. The zero-order valence-electron chi connectivity index (χ0n) is 39.0. The van der Waals surface area contributed by atoms with Crippen LogP contribution in [-0.4, -0.2) is 57.9 Å². The molecule has 338 valence electrons. The second-order valence-corrected chi connectivity index (χ2v) is 22.7. The molecule has 6 saturated carbocycles. The van der Waals surface area contributed by atoms with Gasteiger partial charge < -0.3 is 19.8 Å². The number of allylic oxidation sites excluding steroid dienone is 2. The van der Waals surface area contributed by atoms with Crippen molar-refractivity contribution in [3.8, 4) is 11.1 Å². The van der Waals surface area contributed by atoms with Gasteiger partial charge in [0, 0.05) is 23.1 Å². The van der Waals surface area contributed by atoms with E-state index in [1.165, 1.54) is 50.5 Å².